The third-order valence-corrected chi connectivity index (χ3v) is 4.07. The highest BCUT2D eigenvalue weighted by atomic mass is 32.2. The Bertz CT molecular complexity index is 659. The fourth-order valence-electron chi connectivity index (χ4n) is 1.79. The number of methoxy groups -OCH3 is 1. The summed E-state index contributed by atoms with van der Waals surface area (Å²) in [6, 6.07) is 8.53. The maximum absolute atomic E-state index is 12.2. The average molecular weight is 294 g/mol. The zero-order chi connectivity index (χ0) is 14.7. The fourth-order valence-corrected chi connectivity index (χ4v) is 2.83. The number of hydrogen-bond acceptors (Lipinski definition) is 4. The van der Waals surface area contributed by atoms with E-state index in [-0.39, 0.29) is 11.5 Å². The van der Waals surface area contributed by atoms with Crippen molar-refractivity contribution in [1.82, 2.24) is 0 Å². The van der Waals surface area contributed by atoms with Gasteiger partial charge in [0.05, 0.1) is 23.7 Å². The highest BCUT2D eigenvalue weighted by Gasteiger charge is 2.16. The number of furan rings is 1. The zero-order valence-electron chi connectivity index (χ0n) is 11.1. The topological polar surface area (TPSA) is 76.7 Å². The number of aryl methyl sites for hydroxylation is 1. The summed E-state index contributed by atoms with van der Waals surface area (Å²) < 4.78 is 22.5. The smallest absolute Gasteiger partial charge is 0.372 e. The van der Waals surface area contributed by atoms with Crippen LogP contribution in [0.2, 0.25) is 0 Å². The van der Waals surface area contributed by atoms with Crippen LogP contribution >= 0.6 is 0 Å². The molecule has 0 amide bonds. The van der Waals surface area contributed by atoms with Crippen LogP contribution in [0.4, 0.5) is 0 Å². The van der Waals surface area contributed by atoms with Crippen LogP contribution in [-0.2, 0) is 16.6 Å². The van der Waals surface area contributed by atoms with Crippen molar-refractivity contribution in [1.29, 1.82) is 0 Å². The van der Waals surface area contributed by atoms with Crippen LogP contribution < -0.4 is 4.74 Å². The van der Waals surface area contributed by atoms with Crippen LogP contribution in [0.1, 0.15) is 21.9 Å². The molecule has 0 aliphatic heterocycles. The van der Waals surface area contributed by atoms with E-state index in [2.05, 4.69) is 0 Å². The zero-order valence-corrected chi connectivity index (χ0v) is 11.9. The Hall–Kier alpha value is -2.08. The Morgan fingerprint density at radius 2 is 2.15 bits per heavy atom. The molecule has 0 saturated heterocycles. The van der Waals surface area contributed by atoms with Gasteiger partial charge in [0.2, 0.25) is 5.76 Å². The van der Waals surface area contributed by atoms with Gasteiger partial charge in [-0.05, 0) is 31.2 Å². The first kappa shape index (κ1) is 14.3. The molecule has 2 rings (SSSR count). The van der Waals surface area contributed by atoms with Crippen LogP contribution in [0.3, 0.4) is 0 Å². The summed E-state index contributed by atoms with van der Waals surface area (Å²) in [6.07, 6.45) is 0. The van der Waals surface area contributed by atoms with Gasteiger partial charge in [0.25, 0.3) is 0 Å². The summed E-state index contributed by atoms with van der Waals surface area (Å²) in [7, 11) is 0.218. The summed E-state index contributed by atoms with van der Waals surface area (Å²) in [5, 5.41) is 8.91. The molecule has 0 spiro atoms. The summed E-state index contributed by atoms with van der Waals surface area (Å²) in [5.41, 5.74) is 0.523. The lowest BCUT2D eigenvalue weighted by molar-refractivity contribution is 0.0659. The van der Waals surface area contributed by atoms with Gasteiger partial charge in [0, 0.05) is 10.5 Å². The van der Waals surface area contributed by atoms with E-state index >= 15 is 0 Å². The minimum Gasteiger partial charge on any atom is -0.497 e. The lowest BCUT2D eigenvalue weighted by Crippen LogP contribution is -1.97. The molecule has 1 aromatic carbocycles. The second-order valence-corrected chi connectivity index (χ2v) is 5.65. The third-order valence-electron chi connectivity index (χ3n) is 2.74. The molecule has 20 heavy (non-hydrogen) atoms. The van der Waals surface area contributed by atoms with Gasteiger partial charge in [-0.3, -0.25) is 4.21 Å². The molecule has 1 unspecified atom stereocenters. The summed E-state index contributed by atoms with van der Waals surface area (Å²) in [4.78, 5) is 11.5. The Morgan fingerprint density at radius 3 is 2.75 bits per heavy atom. The summed E-state index contributed by atoms with van der Waals surface area (Å²) in [5.74, 6) is -0.0938. The van der Waals surface area contributed by atoms with Crippen molar-refractivity contribution in [2.24, 2.45) is 0 Å². The van der Waals surface area contributed by atoms with Gasteiger partial charge >= 0.3 is 5.97 Å². The van der Waals surface area contributed by atoms with Gasteiger partial charge in [0.15, 0.2) is 0 Å². The van der Waals surface area contributed by atoms with Gasteiger partial charge in [-0.25, -0.2) is 4.79 Å². The molecule has 0 fully saturated rings. The first-order chi connectivity index (χ1) is 9.51. The van der Waals surface area contributed by atoms with E-state index < -0.39 is 16.8 Å². The average Bonchev–Trinajstić information content (AvgIpc) is 2.79. The number of rotatable bonds is 5. The molecule has 0 aliphatic rings. The number of benzene rings is 1. The second kappa shape index (κ2) is 5.92. The molecule has 1 heterocycles. The SMILES string of the molecule is COc1cccc(S(=O)Cc2cc(C)c(C(=O)O)o2)c1. The predicted molar refractivity (Wildman–Crippen MR) is 73.5 cm³/mol. The highest BCUT2D eigenvalue weighted by molar-refractivity contribution is 7.84. The van der Waals surface area contributed by atoms with E-state index in [0.717, 1.165) is 0 Å². The summed E-state index contributed by atoms with van der Waals surface area (Å²) >= 11 is 0. The molecule has 0 saturated carbocycles. The third kappa shape index (κ3) is 3.08. The number of carboxylic acids is 1. The standard InChI is InChI=1S/C14H14O5S/c1-9-6-11(19-13(9)14(15)16)8-20(17)12-5-3-4-10(7-12)18-2/h3-7H,8H2,1-2H3,(H,15,16). The first-order valence-electron chi connectivity index (χ1n) is 5.86. The van der Waals surface area contributed by atoms with Crippen molar-refractivity contribution < 1.29 is 23.3 Å². The van der Waals surface area contributed by atoms with Gasteiger partial charge in [0.1, 0.15) is 11.5 Å². The molecule has 106 valence electrons. The number of hydrogen-bond donors (Lipinski definition) is 1. The predicted octanol–water partition coefficient (Wildman–Crippen LogP) is 2.60. The van der Waals surface area contributed by atoms with Crippen molar-refractivity contribution in [3.63, 3.8) is 0 Å². The molecule has 6 heteroatoms. The van der Waals surface area contributed by atoms with E-state index in [0.29, 0.717) is 22.0 Å². The molecule has 1 atom stereocenters. The quantitative estimate of drug-likeness (QED) is 0.917. The van der Waals surface area contributed by atoms with Crippen molar-refractivity contribution >= 4 is 16.8 Å². The first-order valence-corrected chi connectivity index (χ1v) is 7.18. The van der Waals surface area contributed by atoms with Gasteiger partial charge in [-0.2, -0.15) is 0 Å². The molecular weight excluding hydrogens is 280 g/mol. The largest absolute Gasteiger partial charge is 0.497 e. The fraction of sp³-hybridized carbons (Fsp3) is 0.214. The molecular formula is C14H14O5S. The van der Waals surface area contributed by atoms with Crippen molar-refractivity contribution in [2.75, 3.05) is 7.11 Å². The molecule has 5 nitrogen and oxygen atoms in total. The number of carbonyl (C=O) groups is 1. The monoisotopic (exact) mass is 294 g/mol. The van der Waals surface area contributed by atoms with Crippen molar-refractivity contribution in [3.8, 4) is 5.75 Å². The molecule has 1 N–H and O–H groups in total. The van der Waals surface area contributed by atoms with Gasteiger partial charge in [-0.1, -0.05) is 6.07 Å². The van der Waals surface area contributed by atoms with Crippen LogP contribution in [0.25, 0.3) is 0 Å². The van der Waals surface area contributed by atoms with Crippen LogP contribution in [-0.4, -0.2) is 22.4 Å². The van der Waals surface area contributed by atoms with E-state index in [9.17, 15) is 9.00 Å². The van der Waals surface area contributed by atoms with E-state index in [1.54, 1.807) is 37.3 Å². The van der Waals surface area contributed by atoms with Crippen molar-refractivity contribution in [2.45, 2.75) is 17.6 Å². The van der Waals surface area contributed by atoms with E-state index in [4.69, 9.17) is 14.3 Å². The van der Waals surface area contributed by atoms with E-state index in [1.807, 2.05) is 0 Å². The maximum atomic E-state index is 12.2. The Labute approximate surface area is 118 Å². The molecule has 0 bridgehead atoms. The van der Waals surface area contributed by atoms with Crippen LogP contribution in [0.5, 0.6) is 5.75 Å². The minimum atomic E-state index is -1.32. The maximum Gasteiger partial charge on any atom is 0.372 e. The normalized spacial score (nSPS) is 12.1. The second-order valence-electron chi connectivity index (χ2n) is 4.20. The molecule has 2 aromatic rings. The molecule has 0 aliphatic carbocycles. The highest BCUT2D eigenvalue weighted by Crippen LogP contribution is 2.21. The molecule has 0 radical (unpaired) electrons. The lowest BCUT2D eigenvalue weighted by atomic mass is 10.3. The molecule has 1 aromatic heterocycles. The Balaban J connectivity index is 2.19. The van der Waals surface area contributed by atoms with Crippen LogP contribution in [0, 0.1) is 6.92 Å². The number of aromatic carboxylic acids is 1. The van der Waals surface area contributed by atoms with Gasteiger partial charge < -0.3 is 14.3 Å². The number of carboxylic acid groups (broad SMARTS) is 1. The number of ether oxygens (including phenoxy) is 1. The Morgan fingerprint density at radius 1 is 1.40 bits per heavy atom. The van der Waals surface area contributed by atoms with Crippen molar-refractivity contribution in [3.05, 3.63) is 47.4 Å². The summed E-state index contributed by atoms with van der Waals surface area (Å²) in [6.45, 7) is 1.64. The van der Waals surface area contributed by atoms with Gasteiger partial charge in [-0.15, -0.1) is 0 Å². The minimum absolute atomic E-state index is 0.109. The van der Waals surface area contributed by atoms with Crippen LogP contribution in [0.15, 0.2) is 39.6 Å². The van der Waals surface area contributed by atoms with E-state index in [1.165, 1.54) is 7.11 Å². The lowest BCUT2D eigenvalue weighted by Gasteiger charge is -2.03. The Kier molecular flexibility index (Phi) is 4.24.